The first-order chi connectivity index (χ1) is 13.4. The number of hydrogen-bond acceptors (Lipinski definition) is 4. The highest BCUT2D eigenvalue weighted by atomic mass is 16.2. The first kappa shape index (κ1) is 23.1. The van der Waals surface area contributed by atoms with Gasteiger partial charge in [-0.1, -0.05) is 6.42 Å². The zero-order valence-corrected chi connectivity index (χ0v) is 18.6. The van der Waals surface area contributed by atoms with Crippen LogP contribution >= 0.6 is 0 Å². The Morgan fingerprint density at radius 1 is 0.929 bits per heavy atom. The van der Waals surface area contributed by atoms with E-state index in [4.69, 9.17) is 0 Å². The second kappa shape index (κ2) is 11.8. The molecule has 0 spiro atoms. The summed E-state index contributed by atoms with van der Waals surface area (Å²) in [7, 11) is 0. The van der Waals surface area contributed by atoms with Gasteiger partial charge in [0.25, 0.3) is 0 Å². The van der Waals surface area contributed by atoms with E-state index in [0.29, 0.717) is 6.54 Å². The molecule has 0 unspecified atom stereocenters. The molecule has 28 heavy (non-hydrogen) atoms. The van der Waals surface area contributed by atoms with Crippen LogP contribution in [0, 0.1) is 5.92 Å². The Balaban J connectivity index is 1.62. The molecule has 1 N–H and O–H groups in total. The summed E-state index contributed by atoms with van der Waals surface area (Å²) in [4.78, 5) is 31.7. The van der Waals surface area contributed by atoms with E-state index >= 15 is 0 Å². The van der Waals surface area contributed by atoms with Crippen LogP contribution in [-0.4, -0.2) is 84.4 Å². The number of rotatable bonds is 9. The van der Waals surface area contributed by atoms with Crippen LogP contribution < -0.4 is 5.32 Å². The SMILES string of the molecule is CC(C)N(C(=O)CN1CCC(C(=O)NCCCN2CCCCC2)CC1)C(C)C. The van der Waals surface area contributed by atoms with Gasteiger partial charge < -0.3 is 15.1 Å². The van der Waals surface area contributed by atoms with Crippen LogP contribution in [0.25, 0.3) is 0 Å². The molecule has 6 nitrogen and oxygen atoms in total. The molecule has 6 heteroatoms. The number of nitrogens with zero attached hydrogens (tertiary/aromatic N) is 3. The van der Waals surface area contributed by atoms with E-state index < -0.39 is 0 Å². The molecule has 162 valence electrons. The Morgan fingerprint density at radius 3 is 2.11 bits per heavy atom. The maximum absolute atomic E-state index is 12.6. The fourth-order valence-electron chi connectivity index (χ4n) is 4.64. The predicted octanol–water partition coefficient (Wildman–Crippen LogP) is 2.34. The molecule has 2 aliphatic heterocycles. The quantitative estimate of drug-likeness (QED) is 0.610. The van der Waals surface area contributed by atoms with Gasteiger partial charge in [0.15, 0.2) is 0 Å². The van der Waals surface area contributed by atoms with Gasteiger partial charge in [-0.3, -0.25) is 14.5 Å². The molecule has 2 saturated heterocycles. The van der Waals surface area contributed by atoms with Crippen LogP contribution in [-0.2, 0) is 9.59 Å². The Morgan fingerprint density at radius 2 is 1.54 bits per heavy atom. The summed E-state index contributed by atoms with van der Waals surface area (Å²) < 4.78 is 0. The van der Waals surface area contributed by atoms with Crippen molar-refractivity contribution in [3.63, 3.8) is 0 Å². The highest BCUT2D eigenvalue weighted by Gasteiger charge is 2.28. The molecule has 0 aromatic carbocycles. The monoisotopic (exact) mass is 394 g/mol. The van der Waals surface area contributed by atoms with Gasteiger partial charge in [0.05, 0.1) is 6.54 Å². The lowest BCUT2D eigenvalue weighted by molar-refractivity contribution is -0.136. The third kappa shape index (κ3) is 7.36. The van der Waals surface area contributed by atoms with Gasteiger partial charge in [-0.25, -0.2) is 0 Å². The second-order valence-corrected chi connectivity index (χ2v) is 9.09. The predicted molar refractivity (Wildman–Crippen MR) is 114 cm³/mol. The van der Waals surface area contributed by atoms with E-state index in [-0.39, 0.29) is 29.8 Å². The minimum atomic E-state index is 0.104. The maximum Gasteiger partial charge on any atom is 0.237 e. The Labute approximate surface area is 172 Å². The van der Waals surface area contributed by atoms with E-state index in [2.05, 4.69) is 42.8 Å². The average Bonchev–Trinajstić information content (AvgIpc) is 2.66. The fraction of sp³-hybridized carbons (Fsp3) is 0.909. The van der Waals surface area contributed by atoms with E-state index in [9.17, 15) is 9.59 Å². The Hall–Kier alpha value is -1.14. The molecular weight excluding hydrogens is 352 g/mol. The Kier molecular flexibility index (Phi) is 9.72. The third-order valence-corrected chi connectivity index (χ3v) is 6.12. The lowest BCUT2D eigenvalue weighted by Crippen LogP contribution is -2.49. The summed E-state index contributed by atoms with van der Waals surface area (Å²) in [5.41, 5.74) is 0. The molecule has 0 aromatic rings. The zero-order valence-electron chi connectivity index (χ0n) is 18.6. The van der Waals surface area contributed by atoms with Crippen molar-refractivity contribution in [3.8, 4) is 0 Å². The van der Waals surface area contributed by atoms with Crippen molar-refractivity contribution in [2.45, 2.75) is 78.3 Å². The van der Waals surface area contributed by atoms with Gasteiger partial charge in [-0.05, 0) is 92.5 Å². The van der Waals surface area contributed by atoms with Crippen molar-refractivity contribution in [2.24, 2.45) is 5.92 Å². The van der Waals surface area contributed by atoms with E-state index in [1.54, 1.807) is 0 Å². The molecule has 0 saturated carbocycles. The molecule has 0 atom stereocenters. The Bertz CT molecular complexity index is 473. The maximum atomic E-state index is 12.6. The second-order valence-electron chi connectivity index (χ2n) is 9.09. The minimum absolute atomic E-state index is 0.104. The van der Waals surface area contributed by atoms with Crippen molar-refractivity contribution < 1.29 is 9.59 Å². The first-order valence-corrected chi connectivity index (χ1v) is 11.4. The number of piperidine rings is 2. The average molecular weight is 395 g/mol. The first-order valence-electron chi connectivity index (χ1n) is 11.4. The van der Waals surface area contributed by atoms with E-state index in [1.165, 1.54) is 32.4 Å². The summed E-state index contributed by atoms with van der Waals surface area (Å²) in [6.07, 6.45) is 6.76. The standard InChI is InChI=1S/C22H42N4O2/c1-18(2)26(19(3)4)21(27)17-25-15-9-20(10-16-25)22(28)23-11-8-14-24-12-6-5-7-13-24/h18-20H,5-17H2,1-4H3,(H,23,28). The van der Waals surface area contributed by atoms with Crippen molar-refractivity contribution in [2.75, 3.05) is 45.8 Å². The molecule has 0 bridgehead atoms. The van der Waals surface area contributed by atoms with Crippen LogP contribution in [0.1, 0.15) is 66.2 Å². The van der Waals surface area contributed by atoms with Crippen LogP contribution in [0.15, 0.2) is 0 Å². The van der Waals surface area contributed by atoms with Crippen molar-refractivity contribution in [1.29, 1.82) is 0 Å². The van der Waals surface area contributed by atoms with Crippen LogP contribution in [0.2, 0.25) is 0 Å². The molecule has 2 fully saturated rings. The van der Waals surface area contributed by atoms with Gasteiger partial charge in [-0.15, -0.1) is 0 Å². The van der Waals surface area contributed by atoms with Gasteiger partial charge in [0.2, 0.25) is 11.8 Å². The largest absolute Gasteiger partial charge is 0.356 e. The summed E-state index contributed by atoms with van der Waals surface area (Å²) in [5.74, 6) is 0.508. The van der Waals surface area contributed by atoms with Gasteiger partial charge in [-0.2, -0.15) is 0 Å². The summed E-state index contributed by atoms with van der Waals surface area (Å²) >= 11 is 0. The van der Waals surface area contributed by atoms with Gasteiger partial charge >= 0.3 is 0 Å². The fourth-order valence-corrected chi connectivity index (χ4v) is 4.64. The number of nitrogens with one attached hydrogen (secondary N) is 1. The summed E-state index contributed by atoms with van der Waals surface area (Å²) in [6, 6.07) is 0.446. The molecule has 2 aliphatic rings. The topological polar surface area (TPSA) is 55.9 Å². The molecule has 0 aromatic heterocycles. The molecule has 0 radical (unpaired) electrons. The lowest BCUT2D eigenvalue weighted by Gasteiger charge is -2.35. The number of hydrogen-bond donors (Lipinski definition) is 1. The molecule has 2 rings (SSSR count). The molecule has 2 amide bonds. The highest BCUT2D eigenvalue weighted by molar-refractivity contribution is 5.79. The molecule has 2 heterocycles. The highest BCUT2D eigenvalue weighted by Crippen LogP contribution is 2.18. The van der Waals surface area contributed by atoms with Crippen LogP contribution in [0.3, 0.4) is 0 Å². The van der Waals surface area contributed by atoms with Crippen LogP contribution in [0.5, 0.6) is 0 Å². The normalized spacial score (nSPS) is 19.9. The lowest BCUT2D eigenvalue weighted by atomic mass is 9.96. The van der Waals surface area contributed by atoms with Gasteiger partial charge in [0, 0.05) is 24.5 Å². The van der Waals surface area contributed by atoms with Crippen molar-refractivity contribution in [3.05, 3.63) is 0 Å². The van der Waals surface area contributed by atoms with E-state index in [0.717, 1.165) is 45.4 Å². The smallest absolute Gasteiger partial charge is 0.237 e. The summed E-state index contributed by atoms with van der Waals surface area (Å²) in [5, 5.41) is 3.14. The molecular formula is C22H42N4O2. The van der Waals surface area contributed by atoms with Crippen molar-refractivity contribution in [1.82, 2.24) is 20.0 Å². The van der Waals surface area contributed by atoms with E-state index in [1.807, 2.05) is 4.90 Å². The molecule has 0 aliphatic carbocycles. The number of carbonyl (C=O) groups excluding carboxylic acids is 2. The van der Waals surface area contributed by atoms with Gasteiger partial charge in [0.1, 0.15) is 0 Å². The van der Waals surface area contributed by atoms with Crippen LogP contribution in [0.4, 0.5) is 0 Å². The number of amides is 2. The number of carbonyl (C=O) groups is 2. The number of likely N-dealkylation sites (tertiary alicyclic amines) is 2. The van der Waals surface area contributed by atoms with Crippen molar-refractivity contribution >= 4 is 11.8 Å². The minimum Gasteiger partial charge on any atom is -0.356 e. The summed E-state index contributed by atoms with van der Waals surface area (Å²) in [6.45, 7) is 14.7. The third-order valence-electron chi connectivity index (χ3n) is 6.12. The zero-order chi connectivity index (χ0) is 20.5.